The van der Waals surface area contributed by atoms with Gasteiger partial charge in [0.15, 0.2) is 0 Å². The van der Waals surface area contributed by atoms with Crippen LogP contribution >= 0.6 is 0 Å². The summed E-state index contributed by atoms with van der Waals surface area (Å²) in [6.45, 7) is 11.8. The van der Waals surface area contributed by atoms with Crippen LogP contribution in [0.25, 0.3) is 21.9 Å². The highest BCUT2D eigenvalue weighted by atomic mass is 16.6. The molecule has 0 aliphatic carbocycles. The predicted molar refractivity (Wildman–Crippen MR) is 192 cm³/mol. The van der Waals surface area contributed by atoms with E-state index < -0.39 is 5.97 Å². The maximum absolute atomic E-state index is 12.6. The summed E-state index contributed by atoms with van der Waals surface area (Å²) in [6, 6.07) is 32.4. The van der Waals surface area contributed by atoms with Gasteiger partial charge >= 0.3 is 5.97 Å². The van der Waals surface area contributed by atoms with Crippen LogP contribution < -0.4 is 14.8 Å². The minimum absolute atomic E-state index is 0.179. The Labute approximate surface area is 287 Å². The van der Waals surface area contributed by atoms with Crippen molar-refractivity contribution in [3.8, 4) is 40.5 Å². The van der Waals surface area contributed by atoms with E-state index in [-0.39, 0.29) is 23.1 Å². The fraction of sp³-hybridized carbons (Fsp3) is 0.244. The Bertz CT molecular complexity index is 2050. The summed E-state index contributed by atoms with van der Waals surface area (Å²) < 4.78 is 22.4. The number of esters is 1. The van der Waals surface area contributed by atoms with Gasteiger partial charge in [0.2, 0.25) is 0 Å². The zero-order valence-corrected chi connectivity index (χ0v) is 28.4. The number of fused-ring (bicyclic) bond motifs is 1. The molecule has 0 saturated carbocycles. The SMILES string of the molecule is CCOCCOC(=O)c1ccc(Nc2cc(C(C)(C)C)cc3cc(C#N)c(C#N)c(-c4cccc(Oc5cccc(OCC)c5)c4)c23)cc1. The van der Waals surface area contributed by atoms with E-state index in [2.05, 4.69) is 50.4 Å². The fourth-order valence-corrected chi connectivity index (χ4v) is 5.48. The van der Waals surface area contributed by atoms with Crippen LogP contribution in [-0.4, -0.2) is 32.4 Å². The van der Waals surface area contributed by atoms with E-state index in [0.717, 1.165) is 27.7 Å². The molecule has 8 nitrogen and oxygen atoms in total. The minimum atomic E-state index is -0.428. The minimum Gasteiger partial charge on any atom is -0.494 e. The number of nitriles is 2. The van der Waals surface area contributed by atoms with Crippen LogP contribution in [0.5, 0.6) is 17.2 Å². The Hall–Kier alpha value is -5.83. The maximum Gasteiger partial charge on any atom is 0.338 e. The molecule has 0 aliphatic rings. The Kier molecular flexibility index (Phi) is 10.8. The number of nitrogens with one attached hydrogen (secondary N) is 1. The molecule has 248 valence electrons. The van der Waals surface area contributed by atoms with Gasteiger partial charge in [0.1, 0.15) is 36.0 Å². The zero-order chi connectivity index (χ0) is 35.0. The summed E-state index contributed by atoms with van der Waals surface area (Å²) in [5.41, 5.74) is 4.61. The van der Waals surface area contributed by atoms with Gasteiger partial charge in [-0.3, -0.25) is 0 Å². The third-order valence-corrected chi connectivity index (χ3v) is 7.88. The van der Waals surface area contributed by atoms with Crippen molar-refractivity contribution in [2.24, 2.45) is 0 Å². The van der Waals surface area contributed by atoms with Crippen LogP contribution in [-0.2, 0) is 14.9 Å². The molecule has 0 radical (unpaired) electrons. The molecule has 0 aromatic heterocycles. The lowest BCUT2D eigenvalue weighted by atomic mass is 9.82. The predicted octanol–water partition coefficient (Wildman–Crippen LogP) is 9.68. The van der Waals surface area contributed by atoms with Crippen molar-refractivity contribution in [2.75, 3.05) is 31.7 Å². The highest BCUT2D eigenvalue weighted by molar-refractivity contribution is 6.09. The van der Waals surface area contributed by atoms with E-state index in [9.17, 15) is 15.3 Å². The van der Waals surface area contributed by atoms with E-state index in [0.29, 0.717) is 53.8 Å². The van der Waals surface area contributed by atoms with E-state index in [1.54, 1.807) is 18.2 Å². The molecule has 0 fully saturated rings. The van der Waals surface area contributed by atoms with Crippen LogP contribution in [0, 0.1) is 22.7 Å². The normalized spacial score (nSPS) is 11.0. The second-order valence-corrected chi connectivity index (χ2v) is 12.3. The molecule has 5 aromatic carbocycles. The number of hydrogen-bond acceptors (Lipinski definition) is 8. The Morgan fingerprint density at radius 2 is 1.51 bits per heavy atom. The van der Waals surface area contributed by atoms with Crippen LogP contribution in [0.2, 0.25) is 0 Å². The molecule has 0 spiro atoms. The first-order valence-corrected chi connectivity index (χ1v) is 16.2. The first-order chi connectivity index (χ1) is 23.6. The monoisotopic (exact) mass is 653 g/mol. The van der Waals surface area contributed by atoms with Crippen molar-refractivity contribution < 1.29 is 23.7 Å². The summed E-state index contributed by atoms with van der Waals surface area (Å²) in [5.74, 6) is 1.45. The highest BCUT2D eigenvalue weighted by Gasteiger charge is 2.23. The van der Waals surface area contributed by atoms with Gasteiger partial charge in [-0.1, -0.05) is 45.0 Å². The number of anilines is 2. The molecular formula is C41H39N3O5. The summed E-state index contributed by atoms with van der Waals surface area (Å²) in [6.07, 6.45) is 0. The molecule has 0 bridgehead atoms. The van der Waals surface area contributed by atoms with E-state index in [1.807, 2.05) is 74.5 Å². The van der Waals surface area contributed by atoms with Crippen molar-refractivity contribution in [2.45, 2.75) is 40.0 Å². The van der Waals surface area contributed by atoms with Gasteiger partial charge < -0.3 is 24.3 Å². The highest BCUT2D eigenvalue weighted by Crippen LogP contribution is 2.43. The van der Waals surface area contributed by atoms with Crippen LogP contribution in [0.15, 0.2) is 91.0 Å². The van der Waals surface area contributed by atoms with Gasteiger partial charge in [0, 0.05) is 35.0 Å². The van der Waals surface area contributed by atoms with Gasteiger partial charge in [0.05, 0.1) is 29.9 Å². The van der Waals surface area contributed by atoms with Crippen molar-refractivity contribution in [3.63, 3.8) is 0 Å². The summed E-state index contributed by atoms with van der Waals surface area (Å²) in [4.78, 5) is 12.6. The number of ether oxygens (including phenoxy) is 4. The summed E-state index contributed by atoms with van der Waals surface area (Å²) in [5, 5.41) is 25.8. The molecule has 0 unspecified atom stereocenters. The lowest BCUT2D eigenvalue weighted by Crippen LogP contribution is -2.12. The molecule has 1 N–H and O–H groups in total. The molecule has 5 rings (SSSR count). The molecule has 5 aromatic rings. The number of carbonyl (C=O) groups excluding carboxylic acids is 1. The van der Waals surface area contributed by atoms with Crippen LogP contribution in [0.3, 0.4) is 0 Å². The summed E-state index contributed by atoms with van der Waals surface area (Å²) in [7, 11) is 0. The fourth-order valence-electron chi connectivity index (χ4n) is 5.48. The quantitative estimate of drug-likeness (QED) is 0.105. The zero-order valence-electron chi connectivity index (χ0n) is 28.4. The second kappa shape index (κ2) is 15.4. The van der Waals surface area contributed by atoms with E-state index >= 15 is 0 Å². The standard InChI is InChI=1S/C41H39N3O5/c1-6-46-18-19-48-40(45)27-14-16-32(17-15-27)44-37-23-31(41(3,4)5)21-29-20-30(25-42)36(26-43)38(39(29)37)28-10-8-12-34(22-28)49-35-13-9-11-33(24-35)47-7-2/h8-17,20-24,44H,6-7,18-19H2,1-5H3. The lowest BCUT2D eigenvalue weighted by Gasteiger charge is -2.24. The van der Waals surface area contributed by atoms with Gasteiger partial charge in [-0.25, -0.2) is 4.79 Å². The van der Waals surface area contributed by atoms with E-state index in [4.69, 9.17) is 18.9 Å². The molecular weight excluding hydrogens is 614 g/mol. The Morgan fingerprint density at radius 1 is 0.796 bits per heavy atom. The maximum atomic E-state index is 12.6. The second-order valence-electron chi connectivity index (χ2n) is 12.3. The number of benzene rings is 5. The third-order valence-electron chi connectivity index (χ3n) is 7.88. The molecule has 0 atom stereocenters. The topological polar surface area (TPSA) is 114 Å². The van der Waals surface area contributed by atoms with Crippen LogP contribution in [0.1, 0.15) is 61.7 Å². The van der Waals surface area contributed by atoms with Crippen molar-refractivity contribution in [1.29, 1.82) is 10.5 Å². The van der Waals surface area contributed by atoms with Crippen molar-refractivity contribution in [1.82, 2.24) is 0 Å². The first kappa shape index (κ1) is 34.5. The molecule has 49 heavy (non-hydrogen) atoms. The summed E-state index contributed by atoms with van der Waals surface area (Å²) >= 11 is 0. The number of hydrogen-bond donors (Lipinski definition) is 1. The molecule has 0 aliphatic heterocycles. The van der Waals surface area contributed by atoms with Gasteiger partial charge in [0.25, 0.3) is 0 Å². The third kappa shape index (κ3) is 8.19. The average molecular weight is 654 g/mol. The average Bonchev–Trinajstić information content (AvgIpc) is 3.09. The smallest absolute Gasteiger partial charge is 0.338 e. The number of rotatable bonds is 12. The molecule has 0 amide bonds. The number of nitrogens with zero attached hydrogens (tertiary/aromatic N) is 2. The molecule has 8 heteroatoms. The van der Waals surface area contributed by atoms with Crippen molar-refractivity contribution in [3.05, 3.63) is 113 Å². The van der Waals surface area contributed by atoms with Gasteiger partial charge in [-0.2, -0.15) is 10.5 Å². The molecule has 0 saturated heterocycles. The largest absolute Gasteiger partial charge is 0.494 e. The van der Waals surface area contributed by atoms with Gasteiger partial charge in [-0.15, -0.1) is 0 Å². The van der Waals surface area contributed by atoms with Crippen molar-refractivity contribution >= 4 is 28.1 Å². The number of carbonyl (C=O) groups is 1. The van der Waals surface area contributed by atoms with Crippen LogP contribution in [0.4, 0.5) is 11.4 Å². The lowest BCUT2D eigenvalue weighted by molar-refractivity contribution is 0.0335. The molecule has 0 heterocycles. The Morgan fingerprint density at radius 3 is 2.18 bits per heavy atom. The van der Waals surface area contributed by atoms with Gasteiger partial charge in [-0.05, 0) is 96.4 Å². The first-order valence-electron chi connectivity index (χ1n) is 16.2. The van der Waals surface area contributed by atoms with E-state index in [1.165, 1.54) is 0 Å². The Balaban J connectivity index is 1.62.